The van der Waals surface area contributed by atoms with Crippen LogP contribution in [0.1, 0.15) is 29.6 Å². The number of hydrogen-bond acceptors (Lipinski definition) is 6. The maximum absolute atomic E-state index is 12.4. The molecule has 2 N–H and O–H groups in total. The van der Waals surface area contributed by atoms with Crippen LogP contribution in [-0.2, 0) is 4.79 Å². The van der Waals surface area contributed by atoms with Gasteiger partial charge in [-0.05, 0) is 31.4 Å². The summed E-state index contributed by atoms with van der Waals surface area (Å²) in [5, 5.41) is 22.1. The number of aromatic hydroxyl groups is 1. The first-order valence-corrected chi connectivity index (χ1v) is 10.3. The summed E-state index contributed by atoms with van der Waals surface area (Å²) in [5.74, 6) is -1.45. The second kappa shape index (κ2) is 9.93. The van der Waals surface area contributed by atoms with Crippen LogP contribution in [0, 0.1) is 23.2 Å². The highest BCUT2D eigenvalue weighted by atomic mass is 32.2. The van der Waals surface area contributed by atoms with Gasteiger partial charge in [0.2, 0.25) is 0 Å². The average Bonchev–Trinajstić information content (AvgIpc) is 3.15. The molecule has 2 atom stereocenters. The Morgan fingerprint density at radius 1 is 1.33 bits per heavy atom. The van der Waals surface area contributed by atoms with Gasteiger partial charge in [-0.2, -0.15) is 17.0 Å². The number of para-hydroxylation sites is 1. The highest BCUT2D eigenvalue weighted by Crippen LogP contribution is 2.31. The summed E-state index contributed by atoms with van der Waals surface area (Å²) >= 11 is 1.75. The second-order valence-electron chi connectivity index (χ2n) is 6.37. The molecule has 0 bridgehead atoms. The number of benzene rings is 1. The Hall–Kier alpha value is -2.59. The molecule has 1 fully saturated rings. The van der Waals surface area contributed by atoms with E-state index in [0.29, 0.717) is 17.3 Å². The topological polar surface area (TPSA) is 103 Å². The molecule has 1 heterocycles. The van der Waals surface area contributed by atoms with E-state index in [1.807, 2.05) is 12.5 Å². The van der Waals surface area contributed by atoms with E-state index >= 15 is 0 Å². The van der Waals surface area contributed by atoms with E-state index in [0.717, 1.165) is 12.8 Å². The summed E-state index contributed by atoms with van der Waals surface area (Å²) in [4.78, 5) is 28.8. The Labute approximate surface area is 163 Å². The molecule has 1 aromatic carbocycles. The molecule has 1 saturated carbocycles. The van der Waals surface area contributed by atoms with Crippen molar-refractivity contribution in [2.45, 2.75) is 19.3 Å². The zero-order chi connectivity index (χ0) is 19.8. The average molecular weight is 385 g/mol. The van der Waals surface area contributed by atoms with Gasteiger partial charge in [-0.15, -0.1) is 0 Å². The second-order valence-corrected chi connectivity index (χ2v) is 7.18. The lowest BCUT2D eigenvalue weighted by Gasteiger charge is -2.13. The minimum atomic E-state index is -0.522. The molecular formula is C20H23N3O3S. The fourth-order valence-corrected chi connectivity index (χ4v) is 3.26. The molecule has 1 aliphatic carbocycles. The SMILES string of the molecule is CSC.N#CC1CCCC1C(=O)CNC(=O)c1c(O)cnc2ccccc12. The van der Waals surface area contributed by atoms with E-state index in [1.165, 1.54) is 6.20 Å². The Balaban J connectivity index is 0.000000817. The molecule has 3 rings (SSSR count). The van der Waals surface area contributed by atoms with Crippen molar-refractivity contribution in [3.05, 3.63) is 36.0 Å². The minimum Gasteiger partial charge on any atom is -0.505 e. The predicted molar refractivity (Wildman–Crippen MR) is 107 cm³/mol. The molecule has 142 valence electrons. The fourth-order valence-electron chi connectivity index (χ4n) is 3.26. The van der Waals surface area contributed by atoms with Crippen LogP contribution in [0.25, 0.3) is 10.9 Å². The number of hydrogen-bond donors (Lipinski definition) is 2. The molecule has 1 amide bonds. The molecular weight excluding hydrogens is 362 g/mol. The largest absolute Gasteiger partial charge is 0.505 e. The van der Waals surface area contributed by atoms with E-state index in [1.54, 1.807) is 36.0 Å². The standard InChI is InChI=1S/C18H17N3O3.C2H6S/c19-8-11-4-3-6-12(11)15(22)9-21-18(24)17-13-5-1-2-7-14(13)20-10-16(17)23;1-3-2/h1-2,5,7,10-12,23H,3-4,6,9H2,(H,21,24);1-2H3. The van der Waals surface area contributed by atoms with Gasteiger partial charge in [-0.1, -0.05) is 24.6 Å². The minimum absolute atomic E-state index is 0.108. The third-order valence-corrected chi connectivity index (χ3v) is 4.50. The zero-order valence-corrected chi connectivity index (χ0v) is 16.3. The Morgan fingerprint density at radius 3 is 2.74 bits per heavy atom. The van der Waals surface area contributed by atoms with Gasteiger partial charge in [0.25, 0.3) is 5.91 Å². The molecule has 27 heavy (non-hydrogen) atoms. The summed E-state index contributed by atoms with van der Waals surface area (Å²) in [7, 11) is 0. The number of carbonyl (C=O) groups excluding carboxylic acids is 2. The summed E-state index contributed by atoms with van der Waals surface area (Å²) in [6.45, 7) is -0.141. The van der Waals surface area contributed by atoms with Crippen LogP contribution in [0.15, 0.2) is 30.5 Å². The van der Waals surface area contributed by atoms with Crippen LogP contribution < -0.4 is 5.32 Å². The number of fused-ring (bicyclic) bond motifs is 1. The van der Waals surface area contributed by atoms with Crippen molar-refractivity contribution in [1.82, 2.24) is 10.3 Å². The van der Waals surface area contributed by atoms with Crippen LogP contribution in [-0.4, -0.2) is 40.8 Å². The number of amides is 1. The van der Waals surface area contributed by atoms with Crippen molar-refractivity contribution >= 4 is 34.4 Å². The van der Waals surface area contributed by atoms with Gasteiger partial charge < -0.3 is 10.4 Å². The van der Waals surface area contributed by atoms with E-state index in [2.05, 4.69) is 16.4 Å². The number of nitrogens with one attached hydrogen (secondary N) is 1. The van der Waals surface area contributed by atoms with Gasteiger partial charge in [0.1, 0.15) is 5.75 Å². The first-order chi connectivity index (χ1) is 13.0. The number of aromatic nitrogens is 1. The lowest BCUT2D eigenvalue weighted by molar-refractivity contribution is -0.122. The maximum Gasteiger partial charge on any atom is 0.256 e. The van der Waals surface area contributed by atoms with Crippen LogP contribution in [0.4, 0.5) is 0 Å². The quantitative estimate of drug-likeness (QED) is 0.838. The summed E-state index contributed by atoms with van der Waals surface area (Å²) in [6.07, 6.45) is 7.59. The Morgan fingerprint density at radius 2 is 2.04 bits per heavy atom. The Bertz CT molecular complexity index is 863. The molecule has 6 nitrogen and oxygen atoms in total. The highest BCUT2D eigenvalue weighted by molar-refractivity contribution is 7.97. The van der Waals surface area contributed by atoms with Gasteiger partial charge >= 0.3 is 0 Å². The summed E-state index contributed by atoms with van der Waals surface area (Å²) in [5.41, 5.74) is 0.698. The predicted octanol–water partition coefficient (Wildman–Crippen LogP) is 3.16. The third kappa shape index (κ3) is 4.98. The monoisotopic (exact) mass is 385 g/mol. The van der Waals surface area contributed by atoms with Gasteiger partial charge in [0, 0.05) is 11.3 Å². The van der Waals surface area contributed by atoms with Crippen LogP contribution in [0.2, 0.25) is 0 Å². The Kier molecular flexibility index (Phi) is 7.62. The van der Waals surface area contributed by atoms with E-state index < -0.39 is 5.91 Å². The van der Waals surface area contributed by atoms with E-state index in [-0.39, 0.29) is 35.5 Å². The van der Waals surface area contributed by atoms with Crippen molar-refractivity contribution < 1.29 is 14.7 Å². The maximum atomic E-state index is 12.4. The number of nitrogens with zero attached hydrogens (tertiary/aromatic N) is 2. The third-order valence-electron chi connectivity index (χ3n) is 4.50. The van der Waals surface area contributed by atoms with Gasteiger partial charge in [0.05, 0.1) is 35.8 Å². The van der Waals surface area contributed by atoms with Crippen molar-refractivity contribution in [1.29, 1.82) is 5.26 Å². The van der Waals surface area contributed by atoms with E-state index in [9.17, 15) is 14.7 Å². The number of ketones is 1. The normalized spacial score (nSPS) is 18.3. The smallest absolute Gasteiger partial charge is 0.256 e. The van der Waals surface area contributed by atoms with Crippen LogP contribution in [0.3, 0.4) is 0 Å². The molecule has 0 radical (unpaired) electrons. The van der Waals surface area contributed by atoms with Crippen molar-refractivity contribution in [3.8, 4) is 11.8 Å². The molecule has 1 aliphatic rings. The highest BCUT2D eigenvalue weighted by Gasteiger charge is 2.32. The van der Waals surface area contributed by atoms with Gasteiger partial charge in [-0.3, -0.25) is 14.6 Å². The van der Waals surface area contributed by atoms with Crippen molar-refractivity contribution in [2.24, 2.45) is 11.8 Å². The molecule has 1 aromatic heterocycles. The number of pyridine rings is 1. The van der Waals surface area contributed by atoms with Crippen molar-refractivity contribution in [2.75, 3.05) is 19.1 Å². The number of Topliss-reactive ketones (excluding diaryl/α,β-unsaturated/α-hetero) is 1. The number of rotatable bonds is 4. The molecule has 7 heteroatoms. The number of carbonyl (C=O) groups is 2. The lowest BCUT2D eigenvalue weighted by Crippen LogP contribution is -2.34. The molecule has 0 aliphatic heterocycles. The van der Waals surface area contributed by atoms with E-state index in [4.69, 9.17) is 5.26 Å². The summed E-state index contributed by atoms with van der Waals surface area (Å²) < 4.78 is 0. The lowest BCUT2D eigenvalue weighted by atomic mass is 9.93. The van der Waals surface area contributed by atoms with Gasteiger partial charge in [0.15, 0.2) is 5.78 Å². The van der Waals surface area contributed by atoms with Crippen LogP contribution >= 0.6 is 11.8 Å². The van der Waals surface area contributed by atoms with Crippen molar-refractivity contribution in [3.63, 3.8) is 0 Å². The molecule has 0 spiro atoms. The van der Waals surface area contributed by atoms with Crippen LogP contribution in [0.5, 0.6) is 5.75 Å². The first kappa shape index (κ1) is 20.7. The molecule has 2 aromatic rings. The molecule has 0 saturated heterocycles. The fraction of sp³-hybridized carbons (Fsp3) is 0.400. The summed E-state index contributed by atoms with van der Waals surface area (Å²) in [6, 6.07) is 9.15. The number of thioether (sulfide) groups is 1. The molecule has 2 unspecified atom stereocenters. The number of nitriles is 1. The zero-order valence-electron chi connectivity index (χ0n) is 15.4. The first-order valence-electron chi connectivity index (χ1n) is 8.70. The van der Waals surface area contributed by atoms with Gasteiger partial charge in [-0.25, -0.2) is 0 Å².